The minimum atomic E-state index is -2.08. The molecule has 5 N–H and O–H groups in total. The summed E-state index contributed by atoms with van der Waals surface area (Å²) in [5.74, 6) is -1.57. The number of nitrogens with one attached hydrogen (secondary N) is 3. The van der Waals surface area contributed by atoms with Crippen LogP contribution in [-0.4, -0.2) is 73.0 Å². The number of nitrogen functional groups attached to an aromatic ring is 1. The summed E-state index contributed by atoms with van der Waals surface area (Å²) in [7, 11) is 0. The summed E-state index contributed by atoms with van der Waals surface area (Å²) >= 11 is 1.29. The highest BCUT2D eigenvalue weighted by molar-refractivity contribution is 7.10. The van der Waals surface area contributed by atoms with Crippen LogP contribution in [0.2, 0.25) is 0 Å². The molecular formula is C30H32F2N8O5S. The Hall–Kier alpha value is -5.05. The number of nitrogens with zero attached hydrogens (tertiary/aromatic N) is 4. The van der Waals surface area contributed by atoms with Gasteiger partial charge in [0.05, 0.1) is 32.3 Å². The van der Waals surface area contributed by atoms with Gasteiger partial charge in [-0.2, -0.15) is 0 Å². The van der Waals surface area contributed by atoms with E-state index in [-0.39, 0.29) is 31.0 Å². The number of alkyl halides is 1. The maximum atomic E-state index is 15.9. The molecule has 0 saturated carbocycles. The molecule has 16 heteroatoms. The number of hydrogen-bond acceptors (Lipinski definition) is 8. The molecule has 1 unspecified atom stereocenters. The lowest BCUT2D eigenvalue weighted by Gasteiger charge is -2.25. The minimum absolute atomic E-state index is 0.00884. The standard InChI is InChI=1S/C30H32F2N8O5S/c1-18(25-12-20(15-46-25)27(33)34)38-29(43)24-13-30(32,17-44-11-10-37-39-35)16-40(24)26(41)14-36-28(42)19-2-6-22(7-3-19)45-23-8-4-21(31)5-9-23/h2-9,12,15,18,24H,10-11,13-14,16-17H2,1H3,(H3,33,34)(H,36,42)(H,38,43)/t18?,24-,30+/m0/s1. The third-order valence-electron chi connectivity index (χ3n) is 7.05. The number of carbonyl (C=O) groups excluding carboxylic acids is 3. The summed E-state index contributed by atoms with van der Waals surface area (Å²) < 4.78 is 40.0. The van der Waals surface area contributed by atoms with Crippen molar-refractivity contribution < 1.29 is 32.6 Å². The van der Waals surface area contributed by atoms with Gasteiger partial charge in [-0.1, -0.05) is 5.11 Å². The first-order valence-corrected chi connectivity index (χ1v) is 15.0. The van der Waals surface area contributed by atoms with Gasteiger partial charge in [-0.05, 0) is 67.1 Å². The third-order valence-corrected chi connectivity index (χ3v) is 8.17. The number of carbonyl (C=O) groups is 3. The van der Waals surface area contributed by atoms with Crippen molar-refractivity contribution in [2.45, 2.75) is 31.1 Å². The molecule has 2 heterocycles. The normalized spacial score (nSPS) is 17.9. The van der Waals surface area contributed by atoms with E-state index >= 15 is 4.39 Å². The molecule has 2 aromatic carbocycles. The predicted molar refractivity (Wildman–Crippen MR) is 166 cm³/mol. The van der Waals surface area contributed by atoms with Gasteiger partial charge in [-0.15, -0.1) is 11.3 Å². The van der Waals surface area contributed by atoms with Crippen LogP contribution >= 0.6 is 11.3 Å². The predicted octanol–water partition coefficient (Wildman–Crippen LogP) is 4.21. The first-order valence-electron chi connectivity index (χ1n) is 14.1. The molecule has 1 saturated heterocycles. The number of azide groups is 1. The highest BCUT2D eigenvalue weighted by Crippen LogP contribution is 2.32. The lowest BCUT2D eigenvalue weighted by Crippen LogP contribution is -2.49. The fourth-order valence-electron chi connectivity index (χ4n) is 4.72. The highest BCUT2D eigenvalue weighted by atomic mass is 32.1. The van der Waals surface area contributed by atoms with Gasteiger partial charge < -0.3 is 30.7 Å². The molecule has 0 aliphatic carbocycles. The van der Waals surface area contributed by atoms with Crippen LogP contribution in [0, 0.1) is 11.2 Å². The Labute approximate surface area is 266 Å². The summed E-state index contributed by atoms with van der Waals surface area (Å²) in [5, 5.41) is 17.9. The molecule has 13 nitrogen and oxygen atoms in total. The lowest BCUT2D eigenvalue weighted by atomic mass is 10.0. The molecule has 242 valence electrons. The van der Waals surface area contributed by atoms with E-state index < -0.39 is 61.0 Å². The zero-order chi connectivity index (χ0) is 33.3. The molecule has 1 aliphatic rings. The van der Waals surface area contributed by atoms with Crippen LogP contribution in [0.4, 0.5) is 8.78 Å². The molecule has 3 atom stereocenters. The van der Waals surface area contributed by atoms with Gasteiger partial charge in [-0.3, -0.25) is 19.8 Å². The van der Waals surface area contributed by atoms with Gasteiger partial charge in [0.2, 0.25) is 11.8 Å². The Balaban J connectivity index is 1.39. The maximum Gasteiger partial charge on any atom is 0.251 e. The number of likely N-dealkylation sites (tertiary alicyclic amines) is 1. The number of amidine groups is 1. The first-order chi connectivity index (χ1) is 22.0. The second-order valence-electron chi connectivity index (χ2n) is 10.5. The third kappa shape index (κ3) is 9.00. The van der Waals surface area contributed by atoms with Crippen molar-refractivity contribution in [1.29, 1.82) is 5.41 Å². The van der Waals surface area contributed by atoms with Gasteiger partial charge in [0.25, 0.3) is 5.91 Å². The zero-order valence-electron chi connectivity index (χ0n) is 24.7. The second-order valence-corrected chi connectivity index (χ2v) is 11.5. The summed E-state index contributed by atoms with van der Waals surface area (Å²) in [6.45, 7) is 0.254. The van der Waals surface area contributed by atoms with E-state index in [0.717, 1.165) is 4.90 Å². The molecule has 0 spiro atoms. The van der Waals surface area contributed by atoms with E-state index in [4.69, 9.17) is 26.1 Å². The van der Waals surface area contributed by atoms with Crippen molar-refractivity contribution >= 4 is 34.9 Å². The van der Waals surface area contributed by atoms with E-state index in [0.29, 0.717) is 21.9 Å². The van der Waals surface area contributed by atoms with Crippen molar-refractivity contribution in [3.63, 3.8) is 0 Å². The van der Waals surface area contributed by atoms with Crippen molar-refractivity contribution in [3.05, 3.63) is 92.2 Å². The fourth-order valence-corrected chi connectivity index (χ4v) is 5.63. The van der Waals surface area contributed by atoms with Crippen molar-refractivity contribution in [1.82, 2.24) is 15.5 Å². The molecule has 0 radical (unpaired) electrons. The van der Waals surface area contributed by atoms with Gasteiger partial charge in [0.1, 0.15) is 29.2 Å². The Kier molecular flexibility index (Phi) is 11.2. The van der Waals surface area contributed by atoms with Crippen LogP contribution < -0.4 is 21.1 Å². The maximum absolute atomic E-state index is 15.9. The van der Waals surface area contributed by atoms with Crippen LogP contribution in [0.1, 0.15) is 40.2 Å². The van der Waals surface area contributed by atoms with Crippen molar-refractivity contribution in [2.75, 3.05) is 32.8 Å². The summed E-state index contributed by atoms with van der Waals surface area (Å²) in [6, 6.07) is 11.4. The van der Waals surface area contributed by atoms with Gasteiger partial charge in [0, 0.05) is 39.3 Å². The summed E-state index contributed by atoms with van der Waals surface area (Å²) in [6.07, 6.45) is -0.356. The number of benzene rings is 2. The van der Waals surface area contributed by atoms with E-state index in [1.165, 1.54) is 59.9 Å². The summed E-state index contributed by atoms with van der Waals surface area (Å²) in [5.41, 5.74) is 12.6. The number of nitrogens with two attached hydrogens (primary N) is 1. The topological polar surface area (TPSA) is 196 Å². The molecule has 4 rings (SSSR count). The molecule has 46 heavy (non-hydrogen) atoms. The summed E-state index contributed by atoms with van der Waals surface area (Å²) in [4.78, 5) is 43.9. The molecule has 1 aromatic heterocycles. The van der Waals surface area contributed by atoms with Crippen molar-refractivity contribution in [3.8, 4) is 11.5 Å². The molecule has 3 amide bonds. The number of ether oxygens (including phenoxy) is 2. The second kappa shape index (κ2) is 15.3. The fraction of sp³-hybridized carbons (Fsp3) is 0.333. The number of halogens is 2. The number of rotatable bonds is 14. The van der Waals surface area contributed by atoms with Gasteiger partial charge >= 0.3 is 0 Å². The van der Waals surface area contributed by atoms with Gasteiger partial charge in [-0.25, -0.2) is 8.78 Å². The quantitative estimate of drug-likeness (QED) is 0.0502. The highest BCUT2D eigenvalue weighted by Gasteiger charge is 2.49. The van der Waals surface area contributed by atoms with Crippen LogP contribution in [-0.2, 0) is 14.3 Å². The average Bonchev–Trinajstić information content (AvgIpc) is 3.67. The van der Waals surface area contributed by atoms with E-state index in [9.17, 15) is 18.8 Å². The minimum Gasteiger partial charge on any atom is -0.457 e. The average molecular weight is 655 g/mol. The molecule has 0 bridgehead atoms. The van der Waals surface area contributed by atoms with Crippen LogP contribution in [0.25, 0.3) is 10.4 Å². The largest absolute Gasteiger partial charge is 0.457 e. The van der Waals surface area contributed by atoms with E-state index in [2.05, 4.69) is 20.7 Å². The molecule has 3 aromatic rings. The zero-order valence-corrected chi connectivity index (χ0v) is 25.6. The lowest BCUT2D eigenvalue weighted by molar-refractivity contribution is -0.138. The Morgan fingerprint density at radius 1 is 1.20 bits per heavy atom. The van der Waals surface area contributed by atoms with Crippen molar-refractivity contribution in [2.24, 2.45) is 10.8 Å². The van der Waals surface area contributed by atoms with E-state index in [1.807, 2.05) is 0 Å². The molecule has 1 aliphatic heterocycles. The Bertz CT molecular complexity index is 1610. The number of thiophene rings is 1. The van der Waals surface area contributed by atoms with E-state index in [1.54, 1.807) is 18.4 Å². The SMILES string of the molecule is CC(NC(=O)[C@@H]1C[C@](F)(COCCN=[N+]=[N-])CN1C(=O)CNC(=O)c1ccc(Oc2ccc(F)cc2)cc1)c1cc(C(=N)N)cs1. The van der Waals surface area contributed by atoms with Crippen LogP contribution in [0.3, 0.4) is 0 Å². The Morgan fingerprint density at radius 3 is 2.50 bits per heavy atom. The smallest absolute Gasteiger partial charge is 0.251 e. The Morgan fingerprint density at radius 2 is 1.87 bits per heavy atom. The monoisotopic (exact) mass is 654 g/mol. The number of amides is 3. The van der Waals surface area contributed by atoms with Crippen LogP contribution in [0.5, 0.6) is 11.5 Å². The van der Waals surface area contributed by atoms with Crippen LogP contribution in [0.15, 0.2) is 65.1 Å². The van der Waals surface area contributed by atoms with Gasteiger partial charge in [0.15, 0.2) is 5.67 Å². The first kappa shape index (κ1) is 33.8. The molecular weight excluding hydrogens is 622 g/mol. The number of hydrogen-bond donors (Lipinski definition) is 4. The molecule has 1 fully saturated rings.